The zero-order valence-corrected chi connectivity index (χ0v) is 20.9. The summed E-state index contributed by atoms with van der Waals surface area (Å²) in [5, 5.41) is 4.90. The summed E-state index contributed by atoms with van der Waals surface area (Å²) in [6, 6.07) is 8.75. The Bertz CT molecular complexity index is 1240. The van der Waals surface area contributed by atoms with Gasteiger partial charge in [0.2, 0.25) is 0 Å². The SMILES string of the molecule is CCCc1nc2ccc(Br)cc2c(=O)n1N=Cc1cc(OC)c(OCC(=O)OC)cc1Br. The van der Waals surface area contributed by atoms with E-state index in [2.05, 4.69) is 46.7 Å². The first-order valence-corrected chi connectivity index (χ1v) is 11.3. The Kier molecular flexibility index (Phi) is 8.03. The average molecular weight is 567 g/mol. The first kappa shape index (κ1) is 23.9. The number of fused-ring (bicyclic) bond motifs is 1. The average Bonchev–Trinajstić information content (AvgIpc) is 2.78. The van der Waals surface area contributed by atoms with Gasteiger partial charge in [-0.2, -0.15) is 9.78 Å². The molecule has 0 spiro atoms. The molecule has 0 radical (unpaired) electrons. The van der Waals surface area contributed by atoms with Crippen LogP contribution in [-0.2, 0) is 16.0 Å². The van der Waals surface area contributed by atoms with E-state index >= 15 is 0 Å². The molecule has 0 aliphatic heterocycles. The normalized spacial score (nSPS) is 11.2. The van der Waals surface area contributed by atoms with Crippen molar-refractivity contribution in [3.8, 4) is 11.5 Å². The maximum absolute atomic E-state index is 13.1. The van der Waals surface area contributed by atoms with Crippen LogP contribution in [0, 0.1) is 0 Å². The molecule has 0 atom stereocenters. The second-order valence-corrected chi connectivity index (χ2v) is 8.46. The molecule has 0 unspecified atom stereocenters. The van der Waals surface area contributed by atoms with E-state index in [0.29, 0.717) is 44.7 Å². The van der Waals surface area contributed by atoms with E-state index in [1.165, 1.54) is 18.9 Å². The van der Waals surface area contributed by atoms with Crippen LogP contribution < -0.4 is 15.0 Å². The highest BCUT2D eigenvalue weighted by Gasteiger charge is 2.13. The van der Waals surface area contributed by atoms with Crippen molar-refractivity contribution >= 4 is 54.9 Å². The van der Waals surface area contributed by atoms with Gasteiger partial charge in [0.15, 0.2) is 18.1 Å². The first-order chi connectivity index (χ1) is 15.4. The summed E-state index contributed by atoms with van der Waals surface area (Å²) in [7, 11) is 2.78. The van der Waals surface area contributed by atoms with Crippen LogP contribution in [0.15, 0.2) is 49.2 Å². The largest absolute Gasteiger partial charge is 0.493 e. The highest BCUT2D eigenvalue weighted by Crippen LogP contribution is 2.33. The van der Waals surface area contributed by atoms with Crippen LogP contribution >= 0.6 is 31.9 Å². The number of ether oxygens (including phenoxy) is 3. The summed E-state index contributed by atoms with van der Waals surface area (Å²) in [4.78, 5) is 29.1. The number of esters is 1. The van der Waals surface area contributed by atoms with Gasteiger partial charge in [-0.1, -0.05) is 22.9 Å². The van der Waals surface area contributed by atoms with Gasteiger partial charge in [0.05, 0.1) is 31.3 Å². The molecule has 8 nitrogen and oxygen atoms in total. The smallest absolute Gasteiger partial charge is 0.343 e. The fourth-order valence-corrected chi connectivity index (χ4v) is 3.72. The number of benzene rings is 2. The summed E-state index contributed by atoms with van der Waals surface area (Å²) in [5.41, 5.74) is 1.02. The molecule has 0 fully saturated rings. The Labute approximate surface area is 201 Å². The quantitative estimate of drug-likeness (QED) is 0.298. The second kappa shape index (κ2) is 10.7. The van der Waals surface area contributed by atoms with Crippen LogP contribution in [-0.4, -0.2) is 42.7 Å². The van der Waals surface area contributed by atoms with Gasteiger partial charge in [0.1, 0.15) is 5.82 Å². The second-order valence-electron chi connectivity index (χ2n) is 6.69. The molecular formula is C22H21Br2N3O5. The van der Waals surface area contributed by atoms with Crippen LogP contribution in [0.4, 0.5) is 0 Å². The summed E-state index contributed by atoms with van der Waals surface area (Å²) >= 11 is 6.87. The monoisotopic (exact) mass is 565 g/mol. The van der Waals surface area contributed by atoms with E-state index in [1.807, 2.05) is 19.1 Å². The van der Waals surface area contributed by atoms with Gasteiger partial charge in [0, 0.05) is 20.9 Å². The number of aryl methyl sites for hydroxylation is 1. The van der Waals surface area contributed by atoms with Crippen molar-refractivity contribution in [2.24, 2.45) is 5.10 Å². The number of methoxy groups -OCH3 is 2. The van der Waals surface area contributed by atoms with Crippen molar-refractivity contribution in [2.75, 3.05) is 20.8 Å². The third-order valence-corrected chi connectivity index (χ3v) is 5.70. The molecule has 3 aromatic rings. The van der Waals surface area contributed by atoms with Crippen LogP contribution in [0.1, 0.15) is 24.7 Å². The summed E-state index contributed by atoms with van der Waals surface area (Å²) < 4.78 is 18.2. The fourth-order valence-electron chi connectivity index (χ4n) is 2.94. The van der Waals surface area contributed by atoms with Gasteiger partial charge in [-0.25, -0.2) is 9.78 Å². The van der Waals surface area contributed by atoms with Gasteiger partial charge >= 0.3 is 5.97 Å². The number of carbonyl (C=O) groups excluding carboxylic acids is 1. The number of carbonyl (C=O) groups is 1. The lowest BCUT2D eigenvalue weighted by Gasteiger charge is -2.12. The molecule has 0 bridgehead atoms. The molecule has 1 heterocycles. The van der Waals surface area contributed by atoms with E-state index < -0.39 is 5.97 Å². The van der Waals surface area contributed by atoms with Crippen LogP contribution in [0.3, 0.4) is 0 Å². The summed E-state index contributed by atoms with van der Waals surface area (Å²) in [5.74, 6) is 0.833. The van der Waals surface area contributed by atoms with E-state index in [-0.39, 0.29) is 12.2 Å². The molecule has 0 N–H and O–H groups in total. The van der Waals surface area contributed by atoms with Crippen LogP contribution in [0.25, 0.3) is 10.9 Å². The fraction of sp³-hybridized carbons (Fsp3) is 0.273. The first-order valence-electron chi connectivity index (χ1n) is 9.70. The number of aromatic nitrogens is 2. The van der Waals surface area contributed by atoms with Crippen LogP contribution in [0.5, 0.6) is 11.5 Å². The molecule has 1 aromatic heterocycles. The molecule has 3 rings (SSSR count). The molecule has 2 aromatic carbocycles. The molecule has 168 valence electrons. The minimum atomic E-state index is -0.507. The zero-order chi connectivity index (χ0) is 23.3. The van der Waals surface area contributed by atoms with Gasteiger partial charge in [0.25, 0.3) is 5.56 Å². The van der Waals surface area contributed by atoms with Crippen molar-refractivity contribution in [3.05, 3.63) is 61.0 Å². The number of hydrogen-bond donors (Lipinski definition) is 0. The molecule has 0 aliphatic carbocycles. The predicted octanol–water partition coefficient (Wildman–Crippen LogP) is 4.32. The van der Waals surface area contributed by atoms with Crippen molar-refractivity contribution in [1.82, 2.24) is 9.66 Å². The van der Waals surface area contributed by atoms with E-state index in [9.17, 15) is 9.59 Å². The zero-order valence-electron chi connectivity index (χ0n) is 17.7. The number of hydrogen-bond acceptors (Lipinski definition) is 7. The lowest BCUT2D eigenvalue weighted by molar-refractivity contribution is -0.142. The minimum Gasteiger partial charge on any atom is -0.493 e. The van der Waals surface area contributed by atoms with E-state index in [0.717, 1.165) is 10.9 Å². The summed E-state index contributed by atoms with van der Waals surface area (Å²) in [6.45, 7) is 1.77. The van der Waals surface area contributed by atoms with Gasteiger partial charge in [-0.05, 0) is 52.7 Å². The molecule has 32 heavy (non-hydrogen) atoms. The van der Waals surface area contributed by atoms with Gasteiger partial charge < -0.3 is 14.2 Å². The van der Waals surface area contributed by atoms with Crippen molar-refractivity contribution < 1.29 is 19.0 Å². The van der Waals surface area contributed by atoms with Gasteiger partial charge in [-0.3, -0.25) is 4.79 Å². The Balaban J connectivity index is 2.03. The molecule has 10 heteroatoms. The third-order valence-electron chi connectivity index (χ3n) is 4.52. The summed E-state index contributed by atoms with van der Waals surface area (Å²) in [6.07, 6.45) is 2.96. The van der Waals surface area contributed by atoms with E-state index in [1.54, 1.807) is 24.4 Å². The van der Waals surface area contributed by atoms with Crippen LogP contribution in [0.2, 0.25) is 0 Å². The highest BCUT2D eigenvalue weighted by atomic mass is 79.9. The molecule has 0 amide bonds. The Morgan fingerprint density at radius 2 is 1.97 bits per heavy atom. The molecule has 0 saturated carbocycles. The lowest BCUT2D eigenvalue weighted by Crippen LogP contribution is -2.22. The number of nitrogens with zero attached hydrogens (tertiary/aromatic N) is 3. The topological polar surface area (TPSA) is 92.0 Å². The lowest BCUT2D eigenvalue weighted by atomic mass is 10.2. The third kappa shape index (κ3) is 5.36. The van der Waals surface area contributed by atoms with E-state index in [4.69, 9.17) is 9.47 Å². The molecular weight excluding hydrogens is 546 g/mol. The highest BCUT2D eigenvalue weighted by molar-refractivity contribution is 9.10. The minimum absolute atomic E-state index is 0.249. The van der Waals surface area contributed by atoms with Crippen molar-refractivity contribution in [2.45, 2.75) is 19.8 Å². The van der Waals surface area contributed by atoms with Crippen molar-refractivity contribution in [3.63, 3.8) is 0 Å². The Hall–Kier alpha value is -2.72. The maximum Gasteiger partial charge on any atom is 0.343 e. The Morgan fingerprint density at radius 1 is 1.19 bits per heavy atom. The van der Waals surface area contributed by atoms with Gasteiger partial charge in [-0.15, -0.1) is 0 Å². The Morgan fingerprint density at radius 3 is 2.66 bits per heavy atom. The predicted molar refractivity (Wildman–Crippen MR) is 129 cm³/mol. The molecule has 0 aliphatic rings. The molecule has 0 saturated heterocycles. The maximum atomic E-state index is 13.1. The number of halogens is 2. The number of rotatable bonds is 8. The van der Waals surface area contributed by atoms with Crippen molar-refractivity contribution in [1.29, 1.82) is 0 Å². The standard InChI is InChI=1S/C22H21Br2N3O5/c1-4-5-20-26-17-7-6-14(23)9-15(17)22(29)27(20)25-11-13-8-18(30-2)19(10-16(13)24)32-12-21(28)31-3/h6-11H,4-5,12H2,1-3H3.